The maximum Gasteiger partial charge on any atom is 0.257 e. The van der Waals surface area contributed by atoms with Gasteiger partial charge in [0.2, 0.25) is 0 Å². The molecule has 2 aliphatic heterocycles. The summed E-state index contributed by atoms with van der Waals surface area (Å²) in [5, 5.41) is 3.56. The average Bonchev–Trinajstić information content (AvgIpc) is 2.70. The van der Waals surface area contributed by atoms with Gasteiger partial charge in [-0.3, -0.25) is 4.79 Å². The molecular formula is C21H33N3O2. The van der Waals surface area contributed by atoms with Gasteiger partial charge in [-0.1, -0.05) is 26.7 Å². The molecule has 144 valence electrons. The SMILES string of the molecule is CCC(CC)C1CC(Nc2ncccc2C(=O)N2CCCCC2)CCO1. The summed E-state index contributed by atoms with van der Waals surface area (Å²) in [6, 6.07) is 4.08. The van der Waals surface area contributed by atoms with Crippen LogP contribution in [0.4, 0.5) is 5.82 Å². The predicted molar refractivity (Wildman–Crippen MR) is 104 cm³/mol. The number of pyridine rings is 1. The smallest absolute Gasteiger partial charge is 0.257 e. The van der Waals surface area contributed by atoms with Crippen molar-refractivity contribution in [1.82, 2.24) is 9.88 Å². The van der Waals surface area contributed by atoms with Gasteiger partial charge in [0.15, 0.2) is 0 Å². The molecule has 3 rings (SSSR count). The first-order chi connectivity index (χ1) is 12.7. The molecular weight excluding hydrogens is 326 g/mol. The van der Waals surface area contributed by atoms with Gasteiger partial charge >= 0.3 is 0 Å². The zero-order valence-corrected chi connectivity index (χ0v) is 16.2. The summed E-state index contributed by atoms with van der Waals surface area (Å²) in [7, 11) is 0. The lowest BCUT2D eigenvalue weighted by Gasteiger charge is -2.35. The van der Waals surface area contributed by atoms with Crippen molar-refractivity contribution in [3.05, 3.63) is 23.9 Å². The molecule has 5 heteroatoms. The highest BCUT2D eigenvalue weighted by Crippen LogP contribution is 2.27. The number of anilines is 1. The molecule has 2 aliphatic rings. The molecule has 1 aromatic rings. The Labute approximate surface area is 157 Å². The number of hydrogen-bond acceptors (Lipinski definition) is 4. The molecule has 0 aromatic carbocycles. The van der Waals surface area contributed by atoms with Gasteiger partial charge in [0.05, 0.1) is 11.7 Å². The number of hydrogen-bond donors (Lipinski definition) is 1. The molecule has 1 N–H and O–H groups in total. The minimum absolute atomic E-state index is 0.115. The van der Waals surface area contributed by atoms with E-state index in [9.17, 15) is 4.79 Å². The van der Waals surface area contributed by atoms with E-state index in [0.717, 1.165) is 64.0 Å². The molecule has 2 fully saturated rings. The minimum Gasteiger partial charge on any atom is -0.378 e. The van der Waals surface area contributed by atoms with Gasteiger partial charge in [-0.05, 0) is 50.2 Å². The van der Waals surface area contributed by atoms with E-state index in [1.54, 1.807) is 6.20 Å². The fraction of sp³-hybridized carbons (Fsp3) is 0.714. The van der Waals surface area contributed by atoms with E-state index in [4.69, 9.17) is 4.74 Å². The van der Waals surface area contributed by atoms with E-state index < -0.39 is 0 Å². The van der Waals surface area contributed by atoms with E-state index in [1.165, 1.54) is 6.42 Å². The van der Waals surface area contributed by atoms with E-state index in [2.05, 4.69) is 24.1 Å². The maximum absolute atomic E-state index is 12.9. The number of carbonyl (C=O) groups excluding carboxylic acids is 1. The summed E-state index contributed by atoms with van der Waals surface area (Å²) in [6.45, 7) is 6.98. The van der Waals surface area contributed by atoms with Gasteiger partial charge in [-0.2, -0.15) is 0 Å². The number of nitrogens with one attached hydrogen (secondary N) is 1. The number of nitrogens with zero attached hydrogens (tertiary/aromatic N) is 2. The number of rotatable bonds is 6. The first-order valence-corrected chi connectivity index (χ1v) is 10.3. The van der Waals surface area contributed by atoms with Gasteiger partial charge in [0, 0.05) is 31.9 Å². The molecule has 2 saturated heterocycles. The van der Waals surface area contributed by atoms with Crippen LogP contribution in [0.5, 0.6) is 0 Å². The van der Waals surface area contributed by atoms with E-state index in [-0.39, 0.29) is 5.91 Å². The standard InChI is InChI=1S/C21H33N3O2/c1-3-16(4-2)19-15-17(10-14-26-19)23-20-18(9-8-11-22-20)21(25)24-12-6-5-7-13-24/h8-9,11,16-17,19H,3-7,10,12-15H2,1-2H3,(H,22,23). The van der Waals surface area contributed by atoms with Gasteiger partial charge in [0.25, 0.3) is 5.91 Å². The van der Waals surface area contributed by atoms with Crippen LogP contribution in [0.25, 0.3) is 0 Å². The van der Waals surface area contributed by atoms with Crippen LogP contribution >= 0.6 is 0 Å². The lowest BCUT2D eigenvalue weighted by Crippen LogP contribution is -2.39. The van der Waals surface area contributed by atoms with Crippen LogP contribution < -0.4 is 5.32 Å². The molecule has 0 saturated carbocycles. The highest BCUT2D eigenvalue weighted by molar-refractivity contribution is 5.98. The number of amides is 1. The number of likely N-dealkylation sites (tertiary alicyclic amines) is 1. The van der Waals surface area contributed by atoms with Crippen LogP contribution in [0, 0.1) is 5.92 Å². The Morgan fingerprint density at radius 3 is 2.81 bits per heavy atom. The normalized spacial score (nSPS) is 23.9. The largest absolute Gasteiger partial charge is 0.378 e. The second-order valence-electron chi connectivity index (χ2n) is 7.60. The Hall–Kier alpha value is -1.62. The van der Waals surface area contributed by atoms with Gasteiger partial charge in [-0.25, -0.2) is 4.98 Å². The summed E-state index contributed by atoms with van der Waals surface area (Å²) in [6.07, 6.45) is 9.75. The molecule has 2 atom stereocenters. The lowest BCUT2D eigenvalue weighted by molar-refractivity contribution is -0.0271. The van der Waals surface area contributed by atoms with Crippen molar-refractivity contribution < 1.29 is 9.53 Å². The van der Waals surface area contributed by atoms with Gasteiger partial charge in [0.1, 0.15) is 5.82 Å². The van der Waals surface area contributed by atoms with Gasteiger partial charge in [-0.15, -0.1) is 0 Å². The Bertz CT molecular complexity index is 582. The van der Waals surface area contributed by atoms with Crippen LogP contribution in [0.1, 0.15) is 69.2 Å². The van der Waals surface area contributed by atoms with Crippen LogP contribution in [0.15, 0.2) is 18.3 Å². The molecule has 1 aromatic heterocycles. The second kappa shape index (κ2) is 9.36. The first kappa shape index (κ1) is 19.2. The Morgan fingerprint density at radius 1 is 1.31 bits per heavy atom. The third-order valence-electron chi connectivity index (χ3n) is 5.91. The average molecular weight is 360 g/mol. The summed E-state index contributed by atoms with van der Waals surface area (Å²) < 4.78 is 6.03. The van der Waals surface area contributed by atoms with Crippen LogP contribution in [-0.4, -0.2) is 47.6 Å². The van der Waals surface area contributed by atoms with E-state index >= 15 is 0 Å². The van der Waals surface area contributed by atoms with Crippen LogP contribution in [0.2, 0.25) is 0 Å². The summed E-state index contributed by atoms with van der Waals surface area (Å²) in [4.78, 5) is 19.4. The van der Waals surface area contributed by atoms with Crippen molar-refractivity contribution in [1.29, 1.82) is 0 Å². The Balaban J connectivity index is 1.68. The molecule has 0 aliphatic carbocycles. The summed E-state index contributed by atoms with van der Waals surface area (Å²) in [5.41, 5.74) is 0.708. The Kier molecular flexibility index (Phi) is 6.89. The second-order valence-corrected chi connectivity index (χ2v) is 7.60. The van der Waals surface area contributed by atoms with Crippen molar-refractivity contribution in [2.45, 2.75) is 70.9 Å². The van der Waals surface area contributed by atoms with E-state index in [1.807, 2.05) is 17.0 Å². The molecule has 26 heavy (non-hydrogen) atoms. The number of aromatic nitrogens is 1. The fourth-order valence-corrected chi connectivity index (χ4v) is 4.26. The lowest BCUT2D eigenvalue weighted by atomic mass is 9.89. The Morgan fingerprint density at radius 2 is 2.08 bits per heavy atom. The molecule has 5 nitrogen and oxygen atoms in total. The van der Waals surface area contributed by atoms with Crippen molar-refractivity contribution in [3.8, 4) is 0 Å². The first-order valence-electron chi connectivity index (χ1n) is 10.3. The minimum atomic E-state index is 0.115. The van der Waals surface area contributed by atoms with Crippen molar-refractivity contribution in [2.24, 2.45) is 5.92 Å². The number of carbonyl (C=O) groups is 1. The van der Waals surface area contributed by atoms with Crippen molar-refractivity contribution in [2.75, 3.05) is 25.0 Å². The molecule has 0 spiro atoms. The number of piperidine rings is 1. The van der Waals surface area contributed by atoms with Crippen molar-refractivity contribution >= 4 is 11.7 Å². The zero-order chi connectivity index (χ0) is 18.4. The molecule has 1 amide bonds. The molecule has 2 unspecified atom stereocenters. The highest BCUT2D eigenvalue weighted by atomic mass is 16.5. The maximum atomic E-state index is 12.9. The van der Waals surface area contributed by atoms with Gasteiger partial charge < -0.3 is 15.0 Å². The predicted octanol–water partition coefficient (Wildman–Crippen LogP) is 4.10. The molecule has 3 heterocycles. The summed E-state index contributed by atoms with van der Waals surface area (Å²) in [5.74, 6) is 1.46. The topological polar surface area (TPSA) is 54.5 Å². The molecule has 0 bridgehead atoms. The third kappa shape index (κ3) is 4.56. The molecule has 0 radical (unpaired) electrons. The monoisotopic (exact) mass is 359 g/mol. The number of ether oxygens (including phenoxy) is 1. The van der Waals surface area contributed by atoms with E-state index in [0.29, 0.717) is 23.6 Å². The quantitative estimate of drug-likeness (QED) is 0.831. The van der Waals surface area contributed by atoms with Crippen molar-refractivity contribution in [3.63, 3.8) is 0 Å². The third-order valence-corrected chi connectivity index (χ3v) is 5.91. The zero-order valence-electron chi connectivity index (χ0n) is 16.2. The van der Waals surface area contributed by atoms with Crippen LogP contribution in [-0.2, 0) is 4.74 Å². The van der Waals surface area contributed by atoms with Crippen LogP contribution in [0.3, 0.4) is 0 Å². The highest BCUT2D eigenvalue weighted by Gasteiger charge is 2.29. The fourth-order valence-electron chi connectivity index (χ4n) is 4.26. The summed E-state index contributed by atoms with van der Waals surface area (Å²) >= 11 is 0.